The van der Waals surface area contributed by atoms with E-state index < -0.39 is 0 Å². The number of carbonyl (C=O) groups excluding carboxylic acids is 1. The molecule has 1 aliphatic heterocycles. The van der Waals surface area contributed by atoms with E-state index in [0.717, 1.165) is 30.1 Å². The number of benzene rings is 1. The summed E-state index contributed by atoms with van der Waals surface area (Å²) >= 11 is 1.65. The van der Waals surface area contributed by atoms with Crippen LogP contribution in [-0.4, -0.2) is 37.0 Å². The standard InChI is InChI=1S/C18H23N5OS/c1-13-10-20-16(25-13)11-21-18(19-2)22-12-17(24)23-9-5-7-14-6-3-4-8-15(14)23/h3-4,6,8,10H,5,7,9,11-12H2,1-2H3,(H2,19,21,22). The highest BCUT2D eigenvalue weighted by molar-refractivity contribution is 7.11. The first-order valence-corrected chi connectivity index (χ1v) is 9.23. The lowest BCUT2D eigenvalue weighted by Crippen LogP contribution is -2.45. The topological polar surface area (TPSA) is 69.6 Å². The molecule has 0 aliphatic carbocycles. The van der Waals surface area contributed by atoms with Crippen LogP contribution in [0.5, 0.6) is 0 Å². The van der Waals surface area contributed by atoms with Gasteiger partial charge in [-0.3, -0.25) is 9.79 Å². The van der Waals surface area contributed by atoms with E-state index in [0.29, 0.717) is 12.5 Å². The first kappa shape index (κ1) is 17.4. The molecule has 0 fully saturated rings. The summed E-state index contributed by atoms with van der Waals surface area (Å²) in [6.07, 6.45) is 3.89. The molecular formula is C18H23N5OS. The second kappa shape index (κ2) is 8.11. The number of carbonyl (C=O) groups is 1. The van der Waals surface area contributed by atoms with Gasteiger partial charge in [-0.1, -0.05) is 18.2 Å². The summed E-state index contributed by atoms with van der Waals surface area (Å²) in [6, 6.07) is 8.12. The van der Waals surface area contributed by atoms with E-state index in [4.69, 9.17) is 0 Å². The maximum absolute atomic E-state index is 12.6. The third-order valence-corrected chi connectivity index (χ3v) is 5.03. The zero-order valence-electron chi connectivity index (χ0n) is 14.6. The van der Waals surface area contributed by atoms with Gasteiger partial charge in [-0.05, 0) is 31.4 Å². The average molecular weight is 357 g/mol. The van der Waals surface area contributed by atoms with E-state index in [-0.39, 0.29) is 12.5 Å². The summed E-state index contributed by atoms with van der Waals surface area (Å²) in [6.45, 7) is 3.61. The van der Waals surface area contributed by atoms with Crippen molar-refractivity contribution in [2.45, 2.75) is 26.3 Å². The maximum Gasteiger partial charge on any atom is 0.246 e. The van der Waals surface area contributed by atoms with Crippen molar-refractivity contribution >= 4 is 28.9 Å². The quantitative estimate of drug-likeness (QED) is 0.649. The van der Waals surface area contributed by atoms with Gasteiger partial charge < -0.3 is 15.5 Å². The number of para-hydroxylation sites is 1. The number of amides is 1. The van der Waals surface area contributed by atoms with Crippen molar-refractivity contribution in [3.05, 3.63) is 45.9 Å². The second-order valence-corrected chi connectivity index (χ2v) is 7.24. The SMILES string of the molecule is CN=C(NCC(=O)N1CCCc2ccccc21)NCc1ncc(C)s1. The van der Waals surface area contributed by atoms with Crippen LogP contribution in [0.3, 0.4) is 0 Å². The number of fused-ring (bicyclic) bond motifs is 1. The van der Waals surface area contributed by atoms with Crippen LogP contribution in [0, 0.1) is 6.92 Å². The van der Waals surface area contributed by atoms with E-state index in [2.05, 4.69) is 26.7 Å². The Morgan fingerprint density at radius 2 is 2.20 bits per heavy atom. The van der Waals surface area contributed by atoms with Crippen molar-refractivity contribution in [1.29, 1.82) is 0 Å². The van der Waals surface area contributed by atoms with Crippen LogP contribution in [0.15, 0.2) is 35.5 Å². The van der Waals surface area contributed by atoms with Gasteiger partial charge in [0, 0.05) is 30.4 Å². The van der Waals surface area contributed by atoms with Crippen LogP contribution in [-0.2, 0) is 17.8 Å². The van der Waals surface area contributed by atoms with Gasteiger partial charge in [0.1, 0.15) is 5.01 Å². The lowest BCUT2D eigenvalue weighted by Gasteiger charge is -2.29. The van der Waals surface area contributed by atoms with Gasteiger partial charge in [0.15, 0.2) is 5.96 Å². The minimum Gasteiger partial charge on any atom is -0.350 e. The molecule has 0 saturated heterocycles. The Labute approximate surface area is 152 Å². The number of anilines is 1. The highest BCUT2D eigenvalue weighted by atomic mass is 32.1. The summed E-state index contributed by atoms with van der Waals surface area (Å²) in [5.41, 5.74) is 2.27. The fraction of sp³-hybridized carbons (Fsp3) is 0.389. The Morgan fingerprint density at radius 1 is 1.36 bits per heavy atom. The van der Waals surface area contributed by atoms with E-state index in [1.807, 2.05) is 36.2 Å². The molecule has 0 spiro atoms. The van der Waals surface area contributed by atoms with Gasteiger partial charge in [0.2, 0.25) is 5.91 Å². The summed E-state index contributed by atoms with van der Waals surface area (Å²) in [4.78, 5) is 24.2. The van der Waals surface area contributed by atoms with E-state index in [9.17, 15) is 4.79 Å². The van der Waals surface area contributed by atoms with Crippen LogP contribution >= 0.6 is 11.3 Å². The summed E-state index contributed by atoms with van der Waals surface area (Å²) < 4.78 is 0. The summed E-state index contributed by atoms with van der Waals surface area (Å²) in [7, 11) is 1.70. The molecule has 25 heavy (non-hydrogen) atoms. The Kier molecular flexibility index (Phi) is 5.65. The molecule has 1 aliphatic rings. The van der Waals surface area contributed by atoms with Gasteiger partial charge >= 0.3 is 0 Å². The van der Waals surface area contributed by atoms with Crippen molar-refractivity contribution < 1.29 is 4.79 Å². The van der Waals surface area contributed by atoms with Crippen molar-refractivity contribution in [2.75, 3.05) is 25.0 Å². The molecule has 1 amide bonds. The van der Waals surface area contributed by atoms with Crippen molar-refractivity contribution in [3.8, 4) is 0 Å². The molecule has 2 N–H and O–H groups in total. The minimum atomic E-state index is 0.0557. The second-order valence-electron chi connectivity index (χ2n) is 5.92. The first-order chi connectivity index (χ1) is 12.2. The Bertz CT molecular complexity index is 770. The molecule has 132 valence electrons. The lowest BCUT2D eigenvalue weighted by atomic mass is 10.0. The van der Waals surface area contributed by atoms with Crippen LogP contribution in [0.4, 0.5) is 5.69 Å². The number of hydrogen-bond acceptors (Lipinski definition) is 4. The number of guanidine groups is 1. The Morgan fingerprint density at radius 3 is 2.96 bits per heavy atom. The molecule has 3 rings (SSSR count). The molecule has 0 saturated carbocycles. The molecule has 1 aromatic heterocycles. The first-order valence-electron chi connectivity index (χ1n) is 8.41. The fourth-order valence-corrected chi connectivity index (χ4v) is 3.64. The summed E-state index contributed by atoms with van der Waals surface area (Å²) in [5.74, 6) is 0.659. The van der Waals surface area contributed by atoms with Gasteiger partial charge in [-0.15, -0.1) is 11.3 Å². The molecule has 1 aromatic carbocycles. The molecular weight excluding hydrogens is 334 g/mol. The minimum absolute atomic E-state index is 0.0557. The molecule has 0 unspecified atom stereocenters. The number of aryl methyl sites for hydroxylation is 2. The fourth-order valence-electron chi connectivity index (χ4n) is 2.91. The normalized spacial score (nSPS) is 14.2. The monoisotopic (exact) mass is 357 g/mol. The highest BCUT2D eigenvalue weighted by Crippen LogP contribution is 2.26. The molecule has 2 aromatic rings. The zero-order valence-corrected chi connectivity index (χ0v) is 15.4. The number of nitrogens with one attached hydrogen (secondary N) is 2. The van der Waals surface area contributed by atoms with Gasteiger partial charge in [0.25, 0.3) is 0 Å². The van der Waals surface area contributed by atoms with Gasteiger partial charge in [0.05, 0.1) is 13.1 Å². The third kappa shape index (κ3) is 4.36. The Balaban J connectivity index is 1.54. The van der Waals surface area contributed by atoms with E-state index in [1.54, 1.807) is 18.4 Å². The number of rotatable bonds is 4. The Hall–Kier alpha value is -2.41. The number of aliphatic imine (C=N–C) groups is 1. The van der Waals surface area contributed by atoms with E-state index >= 15 is 0 Å². The molecule has 7 heteroatoms. The largest absolute Gasteiger partial charge is 0.350 e. The number of thiazole rings is 1. The van der Waals surface area contributed by atoms with Crippen molar-refractivity contribution in [3.63, 3.8) is 0 Å². The van der Waals surface area contributed by atoms with Crippen molar-refractivity contribution in [2.24, 2.45) is 4.99 Å². The number of aromatic nitrogens is 1. The predicted octanol–water partition coefficient (Wildman–Crippen LogP) is 2.10. The highest BCUT2D eigenvalue weighted by Gasteiger charge is 2.21. The maximum atomic E-state index is 12.6. The smallest absolute Gasteiger partial charge is 0.246 e. The van der Waals surface area contributed by atoms with Gasteiger partial charge in [-0.2, -0.15) is 0 Å². The third-order valence-electron chi connectivity index (χ3n) is 4.12. The predicted molar refractivity (Wildman–Crippen MR) is 102 cm³/mol. The molecule has 0 radical (unpaired) electrons. The lowest BCUT2D eigenvalue weighted by molar-refractivity contribution is -0.117. The molecule has 2 heterocycles. The molecule has 0 bridgehead atoms. The van der Waals surface area contributed by atoms with Crippen molar-refractivity contribution in [1.82, 2.24) is 15.6 Å². The molecule has 6 nitrogen and oxygen atoms in total. The molecule has 0 atom stereocenters. The van der Waals surface area contributed by atoms with Crippen LogP contribution in [0.2, 0.25) is 0 Å². The van der Waals surface area contributed by atoms with Crippen LogP contribution in [0.25, 0.3) is 0 Å². The van der Waals surface area contributed by atoms with Crippen LogP contribution < -0.4 is 15.5 Å². The van der Waals surface area contributed by atoms with Gasteiger partial charge in [-0.25, -0.2) is 4.98 Å². The number of nitrogens with zero attached hydrogens (tertiary/aromatic N) is 3. The summed E-state index contributed by atoms with van der Waals surface area (Å²) in [5, 5.41) is 7.29. The zero-order chi connectivity index (χ0) is 17.6. The number of hydrogen-bond donors (Lipinski definition) is 2. The van der Waals surface area contributed by atoms with E-state index in [1.165, 1.54) is 10.4 Å². The van der Waals surface area contributed by atoms with Crippen LogP contribution in [0.1, 0.15) is 21.9 Å². The average Bonchev–Trinajstić information content (AvgIpc) is 3.06.